The van der Waals surface area contributed by atoms with Gasteiger partial charge in [-0.1, -0.05) is 12.1 Å². The van der Waals surface area contributed by atoms with E-state index in [9.17, 15) is 13.2 Å². The largest absolute Gasteiger partial charge is 0.298 e. The smallest absolute Gasteiger partial charge is 0.258 e. The molecule has 1 N–H and O–H groups in total. The van der Waals surface area contributed by atoms with E-state index in [4.69, 9.17) is 0 Å². The number of hydrogen-bond donors (Lipinski definition) is 1. The third kappa shape index (κ3) is 4.38. The van der Waals surface area contributed by atoms with E-state index >= 15 is 0 Å². The minimum absolute atomic E-state index is 0.199. The molecule has 0 unspecified atom stereocenters. The highest BCUT2D eigenvalue weighted by Gasteiger charge is 2.15. The van der Waals surface area contributed by atoms with Crippen molar-refractivity contribution in [2.45, 2.75) is 4.90 Å². The summed E-state index contributed by atoms with van der Waals surface area (Å²) in [4.78, 5) is 21.1. The lowest BCUT2D eigenvalue weighted by Gasteiger charge is -2.08. The third-order valence-electron chi connectivity index (χ3n) is 3.21. The summed E-state index contributed by atoms with van der Waals surface area (Å²) in [7, 11) is -3.30. The molecule has 2 heterocycles. The lowest BCUT2D eigenvalue weighted by Crippen LogP contribution is -2.13. The van der Waals surface area contributed by atoms with Crippen LogP contribution in [0.1, 0.15) is 10.6 Å². The normalized spacial score (nSPS) is 12.1. The average Bonchev–Trinajstić information content (AvgIpc) is 3.25. The van der Waals surface area contributed by atoms with Gasteiger partial charge in [-0.3, -0.25) is 10.1 Å². The Hall–Kier alpha value is -2.36. The first-order valence-corrected chi connectivity index (χ1v) is 10.7. The molecule has 6 nitrogen and oxygen atoms in total. The number of nitrogens with zero attached hydrogens (tertiary/aromatic N) is 2. The number of benzene rings is 1. The van der Waals surface area contributed by atoms with Crippen LogP contribution in [0.4, 0.5) is 5.13 Å². The third-order valence-corrected chi connectivity index (χ3v) is 5.75. The first-order valence-electron chi connectivity index (χ1n) is 7.06. The van der Waals surface area contributed by atoms with Gasteiger partial charge in [0, 0.05) is 35.0 Å². The van der Waals surface area contributed by atoms with Crippen LogP contribution < -0.4 is 5.32 Å². The molecule has 0 bridgehead atoms. The summed E-state index contributed by atoms with van der Waals surface area (Å²) >= 11 is 2.72. The van der Waals surface area contributed by atoms with E-state index in [-0.39, 0.29) is 10.8 Å². The van der Waals surface area contributed by atoms with Crippen LogP contribution in [0.2, 0.25) is 0 Å². The van der Waals surface area contributed by atoms with Gasteiger partial charge in [-0.2, -0.15) is 0 Å². The molecule has 1 amide bonds. The Labute approximate surface area is 152 Å². The first kappa shape index (κ1) is 17.5. The average molecular weight is 391 g/mol. The fourth-order valence-electron chi connectivity index (χ4n) is 2.04. The molecule has 0 aliphatic heterocycles. The molecular weight excluding hydrogens is 378 g/mol. The molecule has 2 aromatic heterocycles. The molecule has 0 aliphatic rings. The number of thiazole rings is 2. The van der Waals surface area contributed by atoms with Crippen molar-refractivity contribution in [2.75, 3.05) is 11.6 Å². The maximum absolute atomic E-state index is 12.7. The van der Waals surface area contributed by atoms with Gasteiger partial charge >= 0.3 is 0 Å². The van der Waals surface area contributed by atoms with E-state index in [1.165, 1.54) is 34.8 Å². The number of carbonyl (C=O) groups excluding carboxylic acids is 1. The number of rotatable bonds is 5. The van der Waals surface area contributed by atoms with Crippen molar-refractivity contribution in [3.05, 3.63) is 58.0 Å². The topological polar surface area (TPSA) is 89.0 Å². The van der Waals surface area contributed by atoms with Crippen LogP contribution in [-0.4, -0.2) is 30.5 Å². The van der Waals surface area contributed by atoms with Crippen molar-refractivity contribution >= 4 is 55.2 Å². The minimum atomic E-state index is -3.30. The Kier molecular flexibility index (Phi) is 5.07. The lowest BCUT2D eigenvalue weighted by atomic mass is 10.1. The summed E-state index contributed by atoms with van der Waals surface area (Å²) in [5.74, 6) is -0.336. The number of anilines is 1. The fourth-order valence-corrected chi connectivity index (χ4v) is 3.76. The number of amides is 1. The highest BCUT2D eigenvalue weighted by atomic mass is 32.2. The van der Waals surface area contributed by atoms with Crippen molar-refractivity contribution in [3.63, 3.8) is 0 Å². The Morgan fingerprint density at radius 2 is 1.76 bits per heavy atom. The zero-order valence-electron chi connectivity index (χ0n) is 13.0. The molecule has 128 valence electrons. The summed E-state index contributed by atoms with van der Waals surface area (Å²) in [6.07, 6.45) is 6.07. The van der Waals surface area contributed by atoms with Crippen molar-refractivity contribution in [2.24, 2.45) is 0 Å². The highest BCUT2D eigenvalue weighted by Crippen LogP contribution is 2.23. The fraction of sp³-hybridized carbons (Fsp3) is 0.0625. The molecule has 1 aromatic carbocycles. The molecule has 0 spiro atoms. The van der Waals surface area contributed by atoms with E-state index in [0.717, 1.165) is 6.26 Å². The van der Waals surface area contributed by atoms with Gasteiger partial charge in [0.25, 0.3) is 5.91 Å². The SMILES string of the molecule is CS(=O)(=O)c1ccc(/C(=C/c2nccs2)C(=O)Nc2nccs2)cc1. The Morgan fingerprint density at radius 3 is 2.32 bits per heavy atom. The zero-order chi connectivity index (χ0) is 17.9. The second-order valence-corrected chi connectivity index (χ2v) is 8.85. The highest BCUT2D eigenvalue weighted by molar-refractivity contribution is 7.90. The molecule has 25 heavy (non-hydrogen) atoms. The van der Waals surface area contributed by atoms with E-state index in [0.29, 0.717) is 21.3 Å². The molecule has 3 rings (SSSR count). The van der Waals surface area contributed by atoms with Gasteiger partial charge in [-0.05, 0) is 23.8 Å². The summed E-state index contributed by atoms with van der Waals surface area (Å²) in [6, 6.07) is 6.18. The Morgan fingerprint density at radius 1 is 1.08 bits per heavy atom. The van der Waals surface area contributed by atoms with Crippen molar-refractivity contribution in [3.8, 4) is 0 Å². The van der Waals surface area contributed by atoms with E-state index < -0.39 is 9.84 Å². The Bertz CT molecular complexity index is 991. The molecule has 0 radical (unpaired) electrons. The van der Waals surface area contributed by atoms with Gasteiger partial charge in [0.05, 0.1) is 4.90 Å². The predicted molar refractivity (Wildman–Crippen MR) is 100 cm³/mol. The van der Waals surface area contributed by atoms with Gasteiger partial charge < -0.3 is 0 Å². The van der Waals surface area contributed by atoms with Crippen LogP contribution in [0, 0.1) is 0 Å². The first-order chi connectivity index (χ1) is 11.9. The Balaban J connectivity index is 1.98. The van der Waals surface area contributed by atoms with Gasteiger partial charge in [-0.25, -0.2) is 18.4 Å². The zero-order valence-corrected chi connectivity index (χ0v) is 15.5. The second kappa shape index (κ2) is 7.26. The van der Waals surface area contributed by atoms with Gasteiger partial charge in [0.15, 0.2) is 15.0 Å². The van der Waals surface area contributed by atoms with Crippen LogP contribution in [0.5, 0.6) is 0 Å². The van der Waals surface area contributed by atoms with Gasteiger partial charge in [0.2, 0.25) is 0 Å². The van der Waals surface area contributed by atoms with Crippen molar-refractivity contribution in [1.29, 1.82) is 0 Å². The van der Waals surface area contributed by atoms with Crippen LogP contribution in [0.3, 0.4) is 0 Å². The van der Waals surface area contributed by atoms with Crippen molar-refractivity contribution in [1.82, 2.24) is 9.97 Å². The number of sulfone groups is 1. The van der Waals surface area contributed by atoms with Crippen LogP contribution in [0.25, 0.3) is 11.6 Å². The number of hydrogen-bond acceptors (Lipinski definition) is 7. The van der Waals surface area contributed by atoms with Gasteiger partial charge in [0.1, 0.15) is 5.01 Å². The standard InChI is InChI=1S/C16H13N3O3S3/c1-25(21,22)12-4-2-11(3-5-12)13(10-14-17-6-8-23-14)15(20)19-16-18-7-9-24-16/h2-10H,1H3,(H,18,19,20)/b13-10-. The molecule has 9 heteroatoms. The number of carbonyl (C=O) groups is 1. The summed E-state index contributed by atoms with van der Waals surface area (Å²) in [6.45, 7) is 0. The van der Waals surface area contributed by atoms with E-state index in [2.05, 4.69) is 15.3 Å². The van der Waals surface area contributed by atoms with Crippen LogP contribution >= 0.6 is 22.7 Å². The maximum atomic E-state index is 12.7. The van der Waals surface area contributed by atoms with Gasteiger partial charge in [-0.15, -0.1) is 22.7 Å². The summed E-state index contributed by atoms with van der Waals surface area (Å²) in [5, 5.41) is 7.48. The summed E-state index contributed by atoms with van der Waals surface area (Å²) in [5.41, 5.74) is 0.974. The number of aromatic nitrogens is 2. The van der Waals surface area contributed by atoms with Crippen LogP contribution in [0.15, 0.2) is 52.3 Å². The van der Waals surface area contributed by atoms with E-state index in [1.54, 1.807) is 36.0 Å². The predicted octanol–water partition coefficient (Wildman–Crippen LogP) is 3.18. The molecule has 3 aromatic rings. The second-order valence-electron chi connectivity index (χ2n) is 5.02. The van der Waals surface area contributed by atoms with E-state index in [1.807, 2.05) is 5.38 Å². The van der Waals surface area contributed by atoms with Crippen LogP contribution in [-0.2, 0) is 14.6 Å². The lowest BCUT2D eigenvalue weighted by molar-refractivity contribution is -0.111. The molecule has 0 aliphatic carbocycles. The number of nitrogens with one attached hydrogen (secondary N) is 1. The quantitative estimate of drug-likeness (QED) is 0.675. The monoisotopic (exact) mass is 391 g/mol. The molecule has 0 saturated heterocycles. The molecule has 0 saturated carbocycles. The summed E-state index contributed by atoms with van der Waals surface area (Å²) < 4.78 is 23.2. The molecule has 0 fully saturated rings. The molecular formula is C16H13N3O3S3. The maximum Gasteiger partial charge on any atom is 0.258 e. The van der Waals surface area contributed by atoms with Crippen molar-refractivity contribution < 1.29 is 13.2 Å². The molecule has 0 atom stereocenters. The minimum Gasteiger partial charge on any atom is -0.298 e.